The zero-order chi connectivity index (χ0) is 28.9. The number of anilines is 1. The maximum absolute atomic E-state index is 12.7. The molecule has 216 valence electrons. The number of amides is 3. The van der Waals surface area contributed by atoms with E-state index in [9.17, 15) is 14.4 Å². The van der Waals surface area contributed by atoms with Crippen LogP contribution < -0.4 is 15.4 Å². The highest BCUT2D eigenvalue weighted by Gasteiger charge is 2.29. The second kappa shape index (κ2) is 12.6. The largest absolute Gasteiger partial charge is 0.489 e. The van der Waals surface area contributed by atoms with Crippen LogP contribution in [0.1, 0.15) is 42.2 Å². The summed E-state index contributed by atoms with van der Waals surface area (Å²) in [6.45, 7) is 2.80. The number of benzene rings is 1. The minimum absolute atomic E-state index is 0.0981. The molecule has 3 aromatic heterocycles. The third-order valence-electron chi connectivity index (χ3n) is 7.44. The van der Waals surface area contributed by atoms with Gasteiger partial charge < -0.3 is 10.1 Å². The number of pyridine rings is 1. The molecule has 2 N–H and O–H groups in total. The first-order chi connectivity index (χ1) is 20.5. The molecule has 2 aliphatic rings. The van der Waals surface area contributed by atoms with Gasteiger partial charge in [-0.2, -0.15) is 0 Å². The summed E-state index contributed by atoms with van der Waals surface area (Å²) in [5, 5.41) is 15.5. The number of rotatable bonds is 9. The van der Waals surface area contributed by atoms with Gasteiger partial charge in [-0.25, -0.2) is 4.68 Å². The lowest BCUT2D eigenvalue weighted by molar-refractivity contribution is -0.136. The minimum Gasteiger partial charge on any atom is -0.489 e. The van der Waals surface area contributed by atoms with Crippen LogP contribution in [0.4, 0.5) is 5.69 Å². The number of aromatic nitrogens is 4. The van der Waals surface area contributed by atoms with Crippen LogP contribution in [0, 0.1) is 0 Å². The fourth-order valence-electron chi connectivity index (χ4n) is 5.21. The Hall–Kier alpha value is -4.42. The van der Waals surface area contributed by atoms with E-state index < -0.39 is 6.04 Å². The lowest BCUT2D eigenvalue weighted by atomic mass is 10.1. The first kappa shape index (κ1) is 27.7. The highest BCUT2D eigenvalue weighted by molar-refractivity contribution is 7.10. The molecular formula is C30H31N7O4S. The van der Waals surface area contributed by atoms with Gasteiger partial charge in [-0.05, 0) is 55.2 Å². The smallest absolute Gasteiger partial charge is 0.251 e. The summed E-state index contributed by atoms with van der Waals surface area (Å²) in [4.78, 5) is 43.7. The number of hydrogen-bond acceptors (Lipinski definition) is 9. The second-order valence-electron chi connectivity index (χ2n) is 10.6. The fraction of sp³-hybridized carbons (Fsp3) is 0.333. The van der Waals surface area contributed by atoms with Gasteiger partial charge in [0.15, 0.2) is 0 Å². The summed E-state index contributed by atoms with van der Waals surface area (Å²) in [6, 6.07) is 13.2. The number of likely N-dealkylation sites (tertiary alicyclic amines) is 1. The van der Waals surface area contributed by atoms with Gasteiger partial charge in [0.25, 0.3) is 5.91 Å². The Morgan fingerprint density at radius 3 is 2.71 bits per heavy atom. The van der Waals surface area contributed by atoms with Crippen molar-refractivity contribution in [2.45, 2.75) is 50.8 Å². The van der Waals surface area contributed by atoms with Crippen LogP contribution in [-0.4, -0.2) is 61.8 Å². The molecular weight excluding hydrogens is 554 g/mol. The predicted molar refractivity (Wildman–Crippen MR) is 157 cm³/mol. The number of ether oxygens (including phenoxy) is 1. The zero-order valence-electron chi connectivity index (χ0n) is 22.9. The summed E-state index contributed by atoms with van der Waals surface area (Å²) in [6.07, 6.45) is 8.28. The Balaban J connectivity index is 0.960. The molecule has 0 bridgehead atoms. The third-order valence-corrected chi connectivity index (χ3v) is 8.38. The summed E-state index contributed by atoms with van der Waals surface area (Å²) in [5.74, 6) is 0.0852. The number of imide groups is 1. The molecule has 5 heterocycles. The van der Waals surface area contributed by atoms with Gasteiger partial charge in [0, 0.05) is 53.8 Å². The molecule has 4 aromatic rings. The number of thiophene rings is 1. The quantitative estimate of drug-likeness (QED) is 0.285. The molecule has 42 heavy (non-hydrogen) atoms. The number of piperidine rings is 2. The standard InChI is InChI=1S/C30H31N7O4S/c38-28-8-7-27(30(40)33-28)37-18-26(34-35-37)21-14-25(42-19-21)15-29(39)32-22-5-3-20(4-6-22)17-36-12-9-23(10-13-36)41-24-2-1-11-31-16-24/h1-6,11,14,16,18-19,23,27H,7-10,12-13,15,17H2,(H,32,39)(H,33,38,40). The van der Waals surface area contributed by atoms with Gasteiger partial charge in [-0.1, -0.05) is 17.3 Å². The number of nitrogens with one attached hydrogen (secondary N) is 2. The molecule has 0 aliphatic carbocycles. The highest BCUT2D eigenvalue weighted by atomic mass is 32.1. The Morgan fingerprint density at radius 1 is 1.12 bits per heavy atom. The molecule has 1 atom stereocenters. The number of carbonyl (C=O) groups is 3. The topological polar surface area (TPSA) is 131 Å². The monoisotopic (exact) mass is 585 g/mol. The SMILES string of the molecule is O=C1CCC(n2cc(-c3csc(CC(=O)Nc4ccc(CN5CCC(Oc6cccnc6)CC5)cc4)c3)nn2)C(=O)N1. The van der Waals surface area contributed by atoms with Crippen molar-refractivity contribution in [1.29, 1.82) is 0 Å². The van der Waals surface area contributed by atoms with Gasteiger partial charge in [0.05, 0.1) is 18.8 Å². The zero-order valence-corrected chi connectivity index (χ0v) is 23.8. The summed E-state index contributed by atoms with van der Waals surface area (Å²) in [7, 11) is 0. The fourth-order valence-corrected chi connectivity index (χ4v) is 6.09. The van der Waals surface area contributed by atoms with Gasteiger partial charge in [-0.15, -0.1) is 16.4 Å². The van der Waals surface area contributed by atoms with Crippen molar-refractivity contribution in [3.8, 4) is 17.0 Å². The summed E-state index contributed by atoms with van der Waals surface area (Å²) in [5.41, 5.74) is 3.41. The molecule has 6 rings (SSSR count). The first-order valence-corrected chi connectivity index (χ1v) is 14.9. The Kier molecular flexibility index (Phi) is 8.33. The van der Waals surface area contributed by atoms with Crippen molar-refractivity contribution in [2.75, 3.05) is 18.4 Å². The number of carbonyl (C=O) groups excluding carboxylic acids is 3. The van der Waals surface area contributed by atoms with E-state index in [1.54, 1.807) is 18.6 Å². The Morgan fingerprint density at radius 2 is 1.95 bits per heavy atom. The molecule has 0 saturated carbocycles. The molecule has 3 amide bonds. The first-order valence-electron chi connectivity index (χ1n) is 14.0. The maximum atomic E-state index is 12.7. The lowest BCUT2D eigenvalue weighted by Gasteiger charge is -2.32. The van der Waals surface area contributed by atoms with Crippen molar-refractivity contribution >= 4 is 34.7 Å². The third kappa shape index (κ3) is 6.89. The number of nitrogens with zero attached hydrogens (tertiary/aromatic N) is 5. The van der Waals surface area contributed by atoms with Gasteiger partial charge in [0.1, 0.15) is 23.6 Å². The van der Waals surface area contributed by atoms with Gasteiger partial charge in [0.2, 0.25) is 11.8 Å². The van der Waals surface area contributed by atoms with Crippen molar-refractivity contribution < 1.29 is 19.1 Å². The highest BCUT2D eigenvalue weighted by Crippen LogP contribution is 2.27. The molecule has 0 radical (unpaired) electrons. The van der Waals surface area contributed by atoms with Gasteiger partial charge >= 0.3 is 0 Å². The lowest BCUT2D eigenvalue weighted by Crippen LogP contribution is -2.41. The molecule has 2 fully saturated rings. The van der Waals surface area contributed by atoms with Crippen LogP contribution in [0.3, 0.4) is 0 Å². The molecule has 11 nitrogen and oxygen atoms in total. The van der Waals surface area contributed by atoms with E-state index in [2.05, 4.69) is 43.0 Å². The van der Waals surface area contributed by atoms with Crippen molar-refractivity contribution in [3.05, 3.63) is 76.9 Å². The maximum Gasteiger partial charge on any atom is 0.251 e. The van der Waals surface area contributed by atoms with Gasteiger partial charge in [-0.3, -0.25) is 29.6 Å². The average Bonchev–Trinajstić information content (AvgIpc) is 3.66. The number of hydrogen-bond donors (Lipinski definition) is 2. The van der Waals surface area contributed by atoms with Crippen LogP contribution in [0.5, 0.6) is 5.75 Å². The van der Waals surface area contributed by atoms with E-state index in [4.69, 9.17) is 4.74 Å². The van der Waals surface area contributed by atoms with E-state index >= 15 is 0 Å². The van der Waals surface area contributed by atoms with Crippen LogP contribution in [0.2, 0.25) is 0 Å². The predicted octanol–water partition coefficient (Wildman–Crippen LogP) is 3.60. The van der Waals surface area contributed by atoms with Crippen LogP contribution >= 0.6 is 11.3 Å². The molecule has 0 spiro atoms. The van der Waals surface area contributed by atoms with E-state index in [-0.39, 0.29) is 36.7 Å². The van der Waals surface area contributed by atoms with E-state index in [1.165, 1.54) is 21.6 Å². The average molecular weight is 586 g/mol. The van der Waals surface area contributed by atoms with Crippen LogP contribution in [0.25, 0.3) is 11.3 Å². The van der Waals surface area contributed by atoms with E-state index in [1.807, 2.05) is 35.7 Å². The Labute approximate surface area is 246 Å². The molecule has 1 unspecified atom stereocenters. The molecule has 2 saturated heterocycles. The molecule has 12 heteroatoms. The van der Waals surface area contributed by atoms with E-state index in [0.29, 0.717) is 12.1 Å². The summed E-state index contributed by atoms with van der Waals surface area (Å²) >= 11 is 1.47. The second-order valence-corrected chi connectivity index (χ2v) is 11.6. The minimum atomic E-state index is -0.552. The van der Waals surface area contributed by atoms with Crippen molar-refractivity contribution in [1.82, 2.24) is 30.2 Å². The van der Waals surface area contributed by atoms with Crippen LogP contribution in [0.15, 0.2) is 66.4 Å². The van der Waals surface area contributed by atoms with Crippen molar-refractivity contribution in [3.63, 3.8) is 0 Å². The van der Waals surface area contributed by atoms with Crippen molar-refractivity contribution in [2.24, 2.45) is 0 Å². The molecule has 2 aliphatic heterocycles. The molecule has 1 aromatic carbocycles. The van der Waals surface area contributed by atoms with Crippen LogP contribution in [-0.2, 0) is 27.3 Å². The summed E-state index contributed by atoms with van der Waals surface area (Å²) < 4.78 is 7.54. The Bertz CT molecular complexity index is 1550. The normalized spacial score (nSPS) is 18.0. The van der Waals surface area contributed by atoms with E-state index in [0.717, 1.165) is 54.4 Å².